The van der Waals surface area contributed by atoms with Crippen LogP contribution in [0.4, 0.5) is 17.6 Å². The second kappa shape index (κ2) is 6.09. The van der Waals surface area contributed by atoms with Gasteiger partial charge in [0.1, 0.15) is 17.3 Å². The third kappa shape index (κ3) is 2.82. The van der Waals surface area contributed by atoms with Crippen LogP contribution >= 0.6 is 22.6 Å². The van der Waals surface area contributed by atoms with Gasteiger partial charge in [0.15, 0.2) is 5.60 Å². The van der Waals surface area contributed by atoms with Gasteiger partial charge < -0.3 is 10.8 Å². The van der Waals surface area contributed by atoms with E-state index < -0.39 is 41.0 Å². The molecule has 1 aromatic heterocycles. The van der Waals surface area contributed by atoms with Crippen molar-refractivity contribution in [3.8, 4) is 0 Å². The molecule has 3 nitrogen and oxygen atoms in total. The summed E-state index contributed by atoms with van der Waals surface area (Å²) in [6, 6.07) is 4.32. The Morgan fingerprint density at radius 1 is 1.18 bits per heavy atom. The summed E-state index contributed by atoms with van der Waals surface area (Å²) in [6.07, 6.45) is 1.18. The third-order valence-corrected chi connectivity index (χ3v) is 3.88. The first-order valence-corrected chi connectivity index (χ1v) is 7.18. The SMILES string of the molecule is NC[C@](O)(c1ccc(F)cc1F)C(F)(F)c1ccc(I)cn1. The number of alkyl halides is 2. The molecule has 8 heteroatoms. The predicted octanol–water partition coefficient (Wildman–Crippen LogP) is 2.90. The van der Waals surface area contributed by atoms with Gasteiger partial charge in [-0.1, -0.05) is 6.07 Å². The predicted molar refractivity (Wildman–Crippen MR) is 80.2 cm³/mol. The number of pyridine rings is 1. The molecule has 118 valence electrons. The first-order chi connectivity index (χ1) is 10.2. The molecule has 0 saturated carbocycles. The lowest BCUT2D eigenvalue weighted by atomic mass is 9.85. The van der Waals surface area contributed by atoms with E-state index in [9.17, 15) is 22.7 Å². The van der Waals surface area contributed by atoms with Gasteiger partial charge in [-0.05, 0) is 40.8 Å². The lowest BCUT2D eigenvalue weighted by molar-refractivity contribution is -0.193. The molecule has 0 radical (unpaired) electrons. The smallest absolute Gasteiger partial charge is 0.323 e. The van der Waals surface area contributed by atoms with Gasteiger partial charge in [0.25, 0.3) is 0 Å². The van der Waals surface area contributed by atoms with Gasteiger partial charge in [-0.15, -0.1) is 0 Å². The van der Waals surface area contributed by atoms with Crippen LogP contribution in [0.3, 0.4) is 0 Å². The van der Waals surface area contributed by atoms with Crippen molar-refractivity contribution >= 4 is 22.6 Å². The van der Waals surface area contributed by atoms with Gasteiger partial charge in [0.2, 0.25) is 0 Å². The van der Waals surface area contributed by atoms with Gasteiger partial charge in [-0.3, -0.25) is 4.98 Å². The van der Waals surface area contributed by atoms with Crippen molar-refractivity contribution in [3.05, 3.63) is 63.0 Å². The molecule has 2 aromatic rings. The van der Waals surface area contributed by atoms with Crippen molar-refractivity contribution in [1.29, 1.82) is 0 Å². The maximum absolute atomic E-state index is 14.6. The molecule has 1 atom stereocenters. The van der Waals surface area contributed by atoms with Crippen LogP contribution in [-0.2, 0) is 11.5 Å². The molecule has 0 bridgehead atoms. The second-order valence-corrected chi connectivity index (χ2v) is 5.87. The van der Waals surface area contributed by atoms with Crippen LogP contribution < -0.4 is 5.73 Å². The summed E-state index contributed by atoms with van der Waals surface area (Å²) in [5.41, 5.74) is 0.679. The summed E-state index contributed by atoms with van der Waals surface area (Å²) >= 11 is 1.88. The zero-order chi connectivity index (χ0) is 16.5. The average Bonchev–Trinajstić information content (AvgIpc) is 2.46. The van der Waals surface area contributed by atoms with Crippen LogP contribution in [0.2, 0.25) is 0 Å². The third-order valence-electron chi connectivity index (χ3n) is 3.24. The Kier molecular flexibility index (Phi) is 4.73. The summed E-state index contributed by atoms with van der Waals surface area (Å²) in [5.74, 6) is -6.22. The maximum Gasteiger partial charge on any atom is 0.323 e. The normalized spacial score (nSPS) is 14.7. The van der Waals surface area contributed by atoms with Gasteiger partial charge in [0, 0.05) is 27.9 Å². The number of aliphatic hydroxyl groups is 1. The Balaban J connectivity index is 2.59. The molecule has 22 heavy (non-hydrogen) atoms. The Morgan fingerprint density at radius 2 is 1.86 bits per heavy atom. The average molecular weight is 426 g/mol. The van der Waals surface area contributed by atoms with Crippen LogP contribution in [0.15, 0.2) is 36.5 Å². The number of rotatable bonds is 4. The minimum Gasteiger partial charge on any atom is -0.377 e. The molecule has 0 aliphatic carbocycles. The highest BCUT2D eigenvalue weighted by Crippen LogP contribution is 2.44. The molecule has 2 rings (SSSR count). The molecule has 0 saturated heterocycles. The molecule has 0 unspecified atom stereocenters. The van der Waals surface area contributed by atoms with Gasteiger partial charge >= 0.3 is 5.92 Å². The van der Waals surface area contributed by atoms with E-state index in [-0.39, 0.29) is 0 Å². The largest absolute Gasteiger partial charge is 0.377 e. The van der Waals surface area contributed by atoms with Crippen molar-refractivity contribution in [2.45, 2.75) is 11.5 Å². The Labute approximate surface area is 137 Å². The number of benzene rings is 1. The summed E-state index contributed by atoms with van der Waals surface area (Å²) in [4.78, 5) is 3.57. The van der Waals surface area contributed by atoms with E-state index in [1.165, 1.54) is 12.3 Å². The second-order valence-electron chi connectivity index (χ2n) is 4.62. The van der Waals surface area contributed by atoms with Crippen molar-refractivity contribution in [2.24, 2.45) is 5.73 Å². The van der Waals surface area contributed by atoms with E-state index in [2.05, 4.69) is 4.98 Å². The quantitative estimate of drug-likeness (QED) is 0.584. The maximum atomic E-state index is 14.6. The molecular weight excluding hydrogens is 415 g/mol. The Morgan fingerprint density at radius 3 is 2.36 bits per heavy atom. The van der Waals surface area contributed by atoms with Crippen molar-refractivity contribution in [1.82, 2.24) is 4.98 Å². The molecular formula is C14H11F4IN2O. The fourth-order valence-electron chi connectivity index (χ4n) is 2.01. The van der Waals surface area contributed by atoms with E-state index in [4.69, 9.17) is 5.73 Å². The standard InChI is InChI=1S/C14H11F4IN2O/c15-8-1-3-10(11(16)5-8)13(22,7-20)14(17,18)12-4-2-9(19)6-21-12/h1-6,22H,7,20H2/t13-/m0/s1. The number of hydrogen-bond acceptors (Lipinski definition) is 3. The molecule has 0 spiro atoms. The van der Waals surface area contributed by atoms with Gasteiger partial charge in [-0.2, -0.15) is 8.78 Å². The highest BCUT2D eigenvalue weighted by atomic mass is 127. The zero-order valence-electron chi connectivity index (χ0n) is 11.0. The zero-order valence-corrected chi connectivity index (χ0v) is 13.2. The Hall–Kier alpha value is -1.26. The molecule has 0 amide bonds. The number of nitrogens with zero attached hydrogens (tertiary/aromatic N) is 1. The molecule has 1 aromatic carbocycles. The fraction of sp³-hybridized carbons (Fsp3) is 0.214. The lowest BCUT2D eigenvalue weighted by Crippen LogP contribution is -2.50. The highest BCUT2D eigenvalue weighted by Gasteiger charge is 2.56. The molecule has 1 heterocycles. The molecule has 0 aliphatic heterocycles. The van der Waals surface area contributed by atoms with E-state index in [0.29, 0.717) is 9.64 Å². The van der Waals surface area contributed by atoms with Crippen LogP contribution in [0.25, 0.3) is 0 Å². The topological polar surface area (TPSA) is 59.1 Å². The number of nitrogens with two attached hydrogens (primary N) is 1. The van der Waals surface area contributed by atoms with Crippen molar-refractivity contribution in [3.63, 3.8) is 0 Å². The monoisotopic (exact) mass is 426 g/mol. The molecule has 0 fully saturated rings. The molecule has 0 aliphatic rings. The summed E-state index contributed by atoms with van der Waals surface area (Å²) < 4.78 is 56.7. The van der Waals surface area contributed by atoms with Crippen LogP contribution in [0, 0.1) is 15.2 Å². The summed E-state index contributed by atoms with van der Waals surface area (Å²) in [5, 5.41) is 10.3. The van der Waals surface area contributed by atoms with E-state index in [1.807, 2.05) is 22.6 Å². The first-order valence-electron chi connectivity index (χ1n) is 6.10. The van der Waals surface area contributed by atoms with E-state index in [1.54, 1.807) is 0 Å². The van der Waals surface area contributed by atoms with E-state index >= 15 is 0 Å². The summed E-state index contributed by atoms with van der Waals surface area (Å²) in [6.45, 7) is -0.976. The lowest BCUT2D eigenvalue weighted by Gasteiger charge is -2.35. The highest BCUT2D eigenvalue weighted by molar-refractivity contribution is 14.1. The number of aromatic nitrogens is 1. The minimum absolute atomic E-state index is 0.410. The first kappa shape index (κ1) is 17.1. The Bertz CT molecular complexity index is 681. The minimum atomic E-state index is -3.97. The van der Waals surface area contributed by atoms with Crippen LogP contribution in [0.1, 0.15) is 11.3 Å². The number of halogens is 5. The van der Waals surface area contributed by atoms with Crippen molar-refractivity contribution in [2.75, 3.05) is 6.54 Å². The van der Waals surface area contributed by atoms with Crippen molar-refractivity contribution < 1.29 is 22.7 Å². The van der Waals surface area contributed by atoms with Crippen LogP contribution in [0.5, 0.6) is 0 Å². The number of hydrogen-bond donors (Lipinski definition) is 2. The van der Waals surface area contributed by atoms with Gasteiger partial charge in [0.05, 0.1) is 0 Å². The van der Waals surface area contributed by atoms with Gasteiger partial charge in [-0.25, -0.2) is 8.78 Å². The summed E-state index contributed by atoms with van der Waals surface area (Å²) in [7, 11) is 0. The fourth-order valence-corrected chi connectivity index (χ4v) is 2.32. The molecule has 3 N–H and O–H groups in total. The van der Waals surface area contributed by atoms with E-state index in [0.717, 1.165) is 18.2 Å². The van der Waals surface area contributed by atoms with Crippen LogP contribution in [-0.4, -0.2) is 16.6 Å².